The van der Waals surface area contributed by atoms with Crippen molar-refractivity contribution in [1.82, 2.24) is 0 Å². The fraction of sp³-hybridized carbons (Fsp3) is 0.273. The summed E-state index contributed by atoms with van der Waals surface area (Å²) in [6.07, 6.45) is 0. The topological polar surface area (TPSA) is 44.5 Å². The molecule has 1 saturated heterocycles. The second kappa shape index (κ2) is 5.87. The van der Waals surface area contributed by atoms with Gasteiger partial charge in [-0.05, 0) is 67.2 Å². The summed E-state index contributed by atoms with van der Waals surface area (Å²) in [6, 6.07) is 20.7. The van der Waals surface area contributed by atoms with Gasteiger partial charge >= 0.3 is 7.12 Å². The summed E-state index contributed by atoms with van der Waals surface area (Å²) in [4.78, 5) is 0. The zero-order valence-corrected chi connectivity index (χ0v) is 15.7. The molecular weight excluding hydrogens is 321 g/mol. The first-order valence-electron chi connectivity index (χ1n) is 9.02. The molecule has 3 aromatic carbocycles. The van der Waals surface area contributed by atoms with E-state index in [0.29, 0.717) is 0 Å². The molecule has 0 radical (unpaired) electrons. The van der Waals surface area contributed by atoms with Crippen molar-refractivity contribution in [1.29, 1.82) is 0 Å². The number of nitrogens with two attached hydrogens (primary N) is 1. The molecule has 2 N–H and O–H groups in total. The van der Waals surface area contributed by atoms with E-state index in [0.717, 1.165) is 22.1 Å². The van der Waals surface area contributed by atoms with Gasteiger partial charge in [0.25, 0.3) is 0 Å². The highest BCUT2D eigenvalue weighted by Gasteiger charge is 2.52. The minimum atomic E-state index is -0.370. The quantitative estimate of drug-likeness (QED) is 0.553. The van der Waals surface area contributed by atoms with Gasteiger partial charge in [0.15, 0.2) is 0 Å². The van der Waals surface area contributed by atoms with Gasteiger partial charge in [-0.15, -0.1) is 0 Å². The van der Waals surface area contributed by atoms with Gasteiger partial charge < -0.3 is 15.0 Å². The molecule has 132 valence electrons. The zero-order valence-electron chi connectivity index (χ0n) is 15.7. The third-order valence-corrected chi connectivity index (χ3v) is 5.69. The largest absolute Gasteiger partial charge is 0.495 e. The number of nitrogen functional groups attached to an aromatic ring is 1. The van der Waals surface area contributed by atoms with Gasteiger partial charge in [-0.1, -0.05) is 48.5 Å². The van der Waals surface area contributed by atoms with Crippen LogP contribution < -0.4 is 11.2 Å². The lowest BCUT2D eigenvalue weighted by molar-refractivity contribution is 0.00578. The van der Waals surface area contributed by atoms with Crippen LogP contribution in [0.15, 0.2) is 60.7 Å². The van der Waals surface area contributed by atoms with Crippen LogP contribution in [0, 0.1) is 0 Å². The van der Waals surface area contributed by atoms with Gasteiger partial charge in [0, 0.05) is 5.69 Å². The molecule has 4 heteroatoms. The molecule has 0 amide bonds. The zero-order chi connectivity index (χ0) is 18.5. The molecule has 0 unspecified atom stereocenters. The Morgan fingerprint density at radius 1 is 0.731 bits per heavy atom. The lowest BCUT2D eigenvalue weighted by atomic mass is 9.75. The highest BCUT2D eigenvalue weighted by atomic mass is 16.7. The number of hydrogen-bond donors (Lipinski definition) is 1. The van der Waals surface area contributed by atoms with E-state index < -0.39 is 0 Å². The SMILES string of the molecule is CC1(C)OB(c2ccc(-c3ccc(N)cc3)c3ccccc23)OC1(C)C. The van der Waals surface area contributed by atoms with Crippen LogP contribution in [0.5, 0.6) is 0 Å². The first-order chi connectivity index (χ1) is 12.3. The molecule has 1 fully saturated rings. The summed E-state index contributed by atoms with van der Waals surface area (Å²) >= 11 is 0. The van der Waals surface area contributed by atoms with Gasteiger partial charge in [0.05, 0.1) is 11.2 Å². The maximum atomic E-state index is 6.28. The average Bonchev–Trinajstić information content (AvgIpc) is 2.82. The summed E-state index contributed by atoms with van der Waals surface area (Å²) in [5, 5.41) is 2.34. The van der Waals surface area contributed by atoms with Crippen molar-refractivity contribution in [2.45, 2.75) is 38.9 Å². The molecule has 3 aromatic rings. The monoisotopic (exact) mass is 345 g/mol. The van der Waals surface area contributed by atoms with Crippen molar-refractivity contribution >= 4 is 29.0 Å². The predicted octanol–water partition coefficient (Wildman–Crippen LogP) is 4.39. The van der Waals surface area contributed by atoms with Crippen molar-refractivity contribution in [3.05, 3.63) is 60.7 Å². The molecule has 0 aliphatic carbocycles. The molecule has 0 atom stereocenters. The van der Waals surface area contributed by atoms with Gasteiger partial charge in [-0.3, -0.25) is 0 Å². The molecular formula is C22H24BNO2. The van der Waals surface area contributed by atoms with Crippen molar-refractivity contribution in [2.75, 3.05) is 5.73 Å². The van der Waals surface area contributed by atoms with Crippen LogP contribution in [0.3, 0.4) is 0 Å². The minimum absolute atomic E-state index is 0.353. The Labute approximate surface area is 155 Å². The minimum Gasteiger partial charge on any atom is -0.399 e. The van der Waals surface area contributed by atoms with E-state index in [4.69, 9.17) is 15.0 Å². The van der Waals surface area contributed by atoms with Gasteiger partial charge in [0.1, 0.15) is 0 Å². The van der Waals surface area contributed by atoms with Crippen molar-refractivity contribution in [2.24, 2.45) is 0 Å². The first kappa shape index (κ1) is 17.1. The van der Waals surface area contributed by atoms with Crippen molar-refractivity contribution in [3.8, 4) is 11.1 Å². The molecule has 0 spiro atoms. The number of benzene rings is 3. The fourth-order valence-corrected chi connectivity index (χ4v) is 3.41. The Hall–Kier alpha value is -2.30. The van der Waals surface area contributed by atoms with Gasteiger partial charge in [-0.25, -0.2) is 0 Å². The van der Waals surface area contributed by atoms with E-state index in [1.54, 1.807) is 0 Å². The number of hydrogen-bond acceptors (Lipinski definition) is 3. The van der Waals surface area contributed by atoms with Crippen LogP contribution in [0.1, 0.15) is 27.7 Å². The third-order valence-electron chi connectivity index (χ3n) is 5.69. The lowest BCUT2D eigenvalue weighted by Gasteiger charge is -2.32. The predicted molar refractivity (Wildman–Crippen MR) is 110 cm³/mol. The van der Waals surface area contributed by atoms with Crippen LogP contribution >= 0.6 is 0 Å². The third kappa shape index (κ3) is 2.70. The van der Waals surface area contributed by atoms with E-state index >= 15 is 0 Å². The Morgan fingerprint density at radius 2 is 1.31 bits per heavy atom. The second-order valence-corrected chi connectivity index (χ2v) is 7.96. The highest BCUT2D eigenvalue weighted by molar-refractivity contribution is 6.65. The summed E-state index contributed by atoms with van der Waals surface area (Å²) < 4.78 is 12.6. The normalized spacial score (nSPS) is 18.4. The van der Waals surface area contributed by atoms with E-state index in [9.17, 15) is 0 Å². The summed E-state index contributed by atoms with van der Waals surface area (Å²) in [5.74, 6) is 0. The molecule has 1 aliphatic rings. The van der Waals surface area contributed by atoms with Crippen molar-refractivity contribution < 1.29 is 9.31 Å². The smallest absolute Gasteiger partial charge is 0.399 e. The number of rotatable bonds is 2. The molecule has 0 saturated carbocycles. The van der Waals surface area contributed by atoms with E-state index in [1.165, 1.54) is 10.9 Å². The second-order valence-electron chi connectivity index (χ2n) is 7.96. The molecule has 3 nitrogen and oxygen atoms in total. The number of fused-ring (bicyclic) bond motifs is 1. The molecule has 1 aliphatic heterocycles. The lowest BCUT2D eigenvalue weighted by Crippen LogP contribution is -2.41. The maximum Gasteiger partial charge on any atom is 0.495 e. The molecule has 0 bridgehead atoms. The average molecular weight is 345 g/mol. The van der Waals surface area contributed by atoms with Gasteiger partial charge in [0.2, 0.25) is 0 Å². The molecule has 0 aromatic heterocycles. The van der Waals surface area contributed by atoms with Crippen LogP contribution in [0.2, 0.25) is 0 Å². The Morgan fingerprint density at radius 3 is 1.92 bits per heavy atom. The van der Waals surface area contributed by atoms with E-state index in [1.807, 2.05) is 12.1 Å². The Balaban J connectivity index is 1.84. The van der Waals surface area contributed by atoms with Crippen LogP contribution in [0.25, 0.3) is 21.9 Å². The highest BCUT2D eigenvalue weighted by Crippen LogP contribution is 2.37. The Bertz CT molecular complexity index is 948. The summed E-state index contributed by atoms with van der Waals surface area (Å²) in [7, 11) is -0.370. The standard InChI is InChI=1S/C22H24BNO2/c1-21(2)22(3,4)26-23(25-21)20-14-13-17(15-9-11-16(24)12-10-15)18-7-5-6-8-19(18)20/h5-14H,24H2,1-4H3. The van der Waals surface area contributed by atoms with Crippen LogP contribution in [-0.2, 0) is 9.31 Å². The maximum absolute atomic E-state index is 6.28. The fourth-order valence-electron chi connectivity index (χ4n) is 3.41. The van der Waals surface area contributed by atoms with Crippen molar-refractivity contribution in [3.63, 3.8) is 0 Å². The van der Waals surface area contributed by atoms with Crippen LogP contribution in [0.4, 0.5) is 5.69 Å². The summed E-state index contributed by atoms with van der Waals surface area (Å²) in [6.45, 7) is 8.33. The molecule has 4 rings (SSSR count). The van der Waals surface area contributed by atoms with E-state index in [2.05, 4.69) is 76.2 Å². The summed E-state index contributed by atoms with van der Waals surface area (Å²) in [5.41, 5.74) is 9.31. The van der Waals surface area contributed by atoms with E-state index in [-0.39, 0.29) is 18.3 Å². The number of anilines is 1. The van der Waals surface area contributed by atoms with Gasteiger partial charge in [-0.2, -0.15) is 0 Å². The molecule has 1 heterocycles. The van der Waals surface area contributed by atoms with Crippen LogP contribution in [-0.4, -0.2) is 18.3 Å². The first-order valence-corrected chi connectivity index (χ1v) is 9.02. The molecule has 26 heavy (non-hydrogen) atoms. The Kier molecular flexibility index (Phi) is 3.87.